The first-order valence-electron chi connectivity index (χ1n) is 8.03. The summed E-state index contributed by atoms with van der Waals surface area (Å²) in [5.41, 5.74) is 1.70. The monoisotopic (exact) mass is 374 g/mol. The Bertz CT molecular complexity index is 890. The lowest BCUT2D eigenvalue weighted by molar-refractivity contribution is -0.119. The molecule has 0 aliphatic carbocycles. The van der Waals surface area contributed by atoms with Gasteiger partial charge < -0.3 is 9.64 Å². The topological polar surface area (TPSA) is 42.4 Å². The molecule has 6 heteroatoms. The van der Waals surface area contributed by atoms with E-state index in [1.807, 2.05) is 56.3 Å². The molecule has 0 aliphatic rings. The molecule has 1 aromatic heterocycles. The van der Waals surface area contributed by atoms with Crippen molar-refractivity contribution in [3.63, 3.8) is 0 Å². The number of hydrogen-bond donors (Lipinski definition) is 0. The number of aromatic nitrogens is 1. The highest BCUT2D eigenvalue weighted by Gasteiger charge is 2.13. The number of halogens is 1. The zero-order valence-electron chi connectivity index (χ0n) is 14.3. The summed E-state index contributed by atoms with van der Waals surface area (Å²) in [5, 5.41) is 1.25. The molecule has 0 aliphatic heterocycles. The van der Waals surface area contributed by atoms with Gasteiger partial charge in [-0.2, -0.15) is 0 Å². The van der Waals surface area contributed by atoms with Crippen molar-refractivity contribution in [2.45, 2.75) is 20.3 Å². The Morgan fingerprint density at radius 1 is 1.24 bits per heavy atom. The first-order chi connectivity index (χ1) is 11.9. The number of ether oxygens (including phenoxy) is 1. The van der Waals surface area contributed by atoms with Crippen LogP contribution in [0, 0.1) is 5.92 Å². The van der Waals surface area contributed by atoms with Crippen LogP contribution in [0.4, 0.5) is 5.69 Å². The van der Waals surface area contributed by atoms with Crippen LogP contribution in [-0.2, 0) is 4.79 Å². The molecule has 0 unspecified atom stereocenters. The summed E-state index contributed by atoms with van der Waals surface area (Å²) in [4.78, 5) is 18.2. The van der Waals surface area contributed by atoms with E-state index in [-0.39, 0.29) is 5.91 Å². The Labute approximate surface area is 156 Å². The van der Waals surface area contributed by atoms with Gasteiger partial charge in [-0.25, -0.2) is 4.98 Å². The SMILES string of the molecule is CC(C)CC(=O)N(C)c1ccc(Oc2nc3ccc(Cl)cc3s2)cc1. The fourth-order valence-corrected chi connectivity index (χ4v) is 3.50. The van der Waals surface area contributed by atoms with Crippen LogP contribution < -0.4 is 9.64 Å². The zero-order chi connectivity index (χ0) is 18.0. The van der Waals surface area contributed by atoms with Gasteiger partial charge in [0, 0.05) is 24.2 Å². The van der Waals surface area contributed by atoms with E-state index >= 15 is 0 Å². The number of amides is 1. The van der Waals surface area contributed by atoms with Crippen molar-refractivity contribution in [1.29, 1.82) is 0 Å². The number of hydrogen-bond acceptors (Lipinski definition) is 4. The molecule has 0 saturated carbocycles. The highest BCUT2D eigenvalue weighted by molar-refractivity contribution is 7.20. The van der Waals surface area contributed by atoms with Gasteiger partial charge in [-0.05, 0) is 48.4 Å². The molecule has 25 heavy (non-hydrogen) atoms. The molecule has 130 valence electrons. The van der Waals surface area contributed by atoms with Gasteiger partial charge >= 0.3 is 0 Å². The van der Waals surface area contributed by atoms with Gasteiger partial charge in [0.15, 0.2) is 0 Å². The standard InChI is InChI=1S/C19H19ClN2O2S/c1-12(2)10-18(23)22(3)14-5-7-15(8-6-14)24-19-21-16-9-4-13(20)11-17(16)25-19/h4-9,11-12H,10H2,1-3H3. The third-order valence-corrected chi connectivity index (χ3v) is 4.85. The molecule has 0 atom stereocenters. The lowest BCUT2D eigenvalue weighted by atomic mass is 10.1. The molecular weight excluding hydrogens is 356 g/mol. The molecule has 0 radical (unpaired) electrons. The van der Waals surface area contributed by atoms with Crippen molar-refractivity contribution in [2.75, 3.05) is 11.9 Å². The summed E-state index contributed by atoms with van der Waals surface area (Å²) in [6.07, 6.45) is 0.531. The summed E-state index contributed by atoms with van der Waals surface area (Å²) in [6, 6.07) is 13.0. The Hall–Kier alpha value is -2.11. The van der Waals surface area contributed by atoms with E-state index < -0.39 is 0 Å². The average molecular weight is 375 g/mol. The molecule has 0 N–H and O–H groups in total. The summed E-state index contributed by atoms with van der Waals surface area (Å²) in [7, 11) is 1.79. The predicted octanol–water partition coefficient (Wildman–Crippen LogP) is 5.75. The van der Waals surface area contributed by atoms with Crippen LogP contribution in [0.1, 0.15) is 20.3 Å². The maximum Gasteiger partial charge on any atom is 0.279 e. The largest absolute Gasteiger partial charge is 0.431 e. The molecule has 1 heterocycles. The number of nitrogens with zero attached hydrogens (tertiary/aromatic N) is 2. The summed E-state index contributed by atoms with van der Waals surface area (Å²) in [6.45, 7) is 4.07. The summed E-state index contributed by atoms with van der Waals surface area (Å²) >= 11 is 7.44. The van der Waals surface area contributed by atoms with Gasteiger partial charge in [-0.15, -0.1) is 0 Å². The third kappa shape index (κ3) is 4.30. The number of carbonyl (C=O) groups is 1. The van der Waals surface area contributed by atoms with Crippen molar-refractivity contribution >= 4 is 44.7 Å². The van der Waals surface area contributed by atoms with E-state index in [4.69, 9.17) is 16.3 Å². The first-order valence-corrected chi connectivity index (χ1v) is 9.22. The first kappa shape index (κ1) is 17.7. The van der Waals surface area contributed by atoms with Crippen LogP contribution in [0.25, 0.3) is 10.2 Å². The lowest BCUT2D eigenvalue weighted by Crippen LogP contribution is -2.27. The van der Waals surface area contributed by atoms with E-state index in [0.29, 0.717) is 28.3 Å². The third-order valence-electron chi connectivity index (χ3n) is 3.72. The van der Waals surface area contributed by atoms with E-state index in [0.717, 1.165) is 15.9 Å². The van der Waals surface area contributed by atoms with Gasteiger partial charge in [-0.1, -0.05) is 36.8 Å². The smallest absolute Gasteiger partial charge is 0.279 e. The van der Waals surface area contributed by atoms with E-state index in [2.05, 4.69) is 4.98 Å². The minimum Gasteiger partial charge on any atom is -0.431 e. The molecule has 0 fully saturated rings. The number of fused-ring (bicyclic) bond motifs is 1. The Morgan fingerprint density at radius 2 is 1.96 bits per heavy atom. The molecule has 4 nitrogen and oxygen atoms in total. The molecule has 0 spiro atoms. The van der Waals surface area contributed by atoms with Crippen molar-refractivity contribution in [1.82, 2.24) is 4.98 Å². The van der Waals surface area contributed by atoms with Crippen LogP contribution in [0.15, 0.2) is 42.5 Å². The van der Waals surface area contributed by atoms with Gasteiger partial charge in [0.25, 0.3) is 5.19 Å². The molecule has 1 amide bonds. The maximum atomic E-state index is 12.1. The highest BCUT2D eigenvalue weighted by atomic mass is 35.5. The summed E-state index contributed by atoms with van der Waals surface area (Å²) in [5.74, 6) is 1.12. The fourth-order valence-electron chi connectivity index (χ4n) is 2.39. The second-order valence-corrected chi connectivity index (χ2v) is 7.67. The molecule has 3 aromatic rings. The van der Waals surface area contributed by atoms with Gasteiger partial charge in [-0.3, -0.25) is 4.79 Å². The second kappa shape index (κ2) is 7.42. The minimum atomic E-state index is 0.103. The lowest BCUT2D eigenvalue weighted by Gasteiger charge is -2.18. The molecule has 3 rings (SSSR count). The number of benzene rings is 2. The van der Waals surface area contributed by atoms with Crippen molar-refractivity contribution in [3.05, 3.63) is 47.5 Å². The average Bonchev–Trinajstić information content (AvgIpc) is 2.95. The van der Waals surface area contributed by atoms with Crippen LogP contribution in [0.3, 0.4) is 0 Å². The molecule has 0 saturated heterocycles. The predicted molar refractivity (Wildman–Crippen MR) is 104 cm³/mol. The number of thiazole rings is 1. The van der Waals surface area contributed by atoms with E-state index in [1.165, 1.54) is 11.3 Å². The van der Waals surface area contributed by atoms with Crippen LogP contribution >= 0.6 is 22.9 Å². The van der Waals surface area contributed by atoms with Crippen molar-refractivity contribution < 1.29 is 9.53 Å². The highest BCUT2D eigenvalue weighted by Crippen LogP contribution is 2.33. The minimum absolute atomic E-state index is 0.103. The number of rotatable bonds is 5. The Balaban J connectivity index is 1.72. The van der Waals surface area contributed by atoms with Crippen LogP contribution in [0.2, 0.25) is 5.02 Å². The zero-order valence-corrected chi connectivity index (χ0v) is 15.9. The number of anilines is 1. The van der Waals surface area contributed by atoms with Crippen molar-refractivity contribution in [2.24, 2.45) is 5.92 Å². The molecular formula is C19H19ClN2O2S. The van der Waals surface area contributed by atoms with Gasteiger partial charge in [0.05, 0.1) is 10.2 Å². The van der Waals surface area contributed by atoms with E-state index in [1.54, 1.807) is 11.9 Å². The quantitative estimate of drug-likeness (QED) is 0.570. The Kier molecular flexibility index (Phi) is 5.25. The molecule has 2 aromatic carbocycles. The fraction of sp³-hybridized carbons (Fsp3) is 0.263. The van der Waals surface area contributed by atoms with Gasteiger partial charge in [0.1, 0.15) is 5.75 Å². The van der Waals surface area contributed by atoms with Gasteiger partial charge in [0.2, 0.25) is 5.91 Å². The van der Waals surface area contributed by atoms with Crippen molar-refractivity contribution in [3.8, 4) is 10.9 Å². The normalized spacial score (nSPS) is 11.1. The maximum absolute atomic E-state index is 12.1. The summed E-state index contributed by atoms with van der Waals surface area (Å²) < 4.78 is 6.81. The van der Waals surface area contributed by atoms with E-state index in [9.17, 15) is 4.79 Å². The van der Waals surface area contributed by atoms with Crippen LogP contribution in [-0.4, -0.2) is 17.9 Å². The molecule has 0 bridgehead atoms. The number of carbonyl (C=O) groups excluding carboxylic acids is 1. The van der Waals surface area contributed by atoms with Crippen LogP contribution in [0.5, 0.6) is 10.9 Å². The second-order valence-electron chi connectivity index (χ2n) is 6.24. The Morgan fingerprint density at radius 3 is 2.64 bits per heavy atom.